The van der Waals surface area contributed by atoms with Crippen LogP contribution >= 0.6 is 23.2 Å². The third kappa shape index (κ3) is 6.04. The number of fused-ring (bicyclic) bond motifs is 2. The summed E-state index contributed by atoms with van der Waals surface area (Å²) in [5.74, 6) is 1.48. The number of aromatic nitrogens is 2. The standard InChI is InChI=1S/C41H42Cl2N6O4/c1-52-39-35-22(9-12-29(35)44-19-24-11-14-33(50)45-24)17-30(46-39)27-7-3-5-25(37(27)42)26-6-4-8-28(38(26)43)31-18-23-10-13-32(36(23)40(47-31)53-2)49-20-41(21-49)16-15-34(51)48-41/h3-8,17-18,24,29,32,44H,9-16,19-21H2,1-2H3,(H,45,50)(H,48,51)/t24-,29-,32+/m0/s1. The molecule has 3 saturated heterocycles. The Morgan fingerprint density at radius 2 is 1.40 bits per heavy atom. The summed E-state index contributed by atoms with van der Waals surface area (Å²) in [5.41, 5.74) is 9.23. The van der Waals surface area contributed by atoms with E-state index in [0.29, 0.717) is 41.2 Å². The maximum Gasteiger partial charge on any atom is 0.220 e. The molecule has 3 aliphatic heterocycles. The predicted octanol–water partition coefficient (Wildman–Crippen LogP) is 6.61. The highest BCUT2D eigenvalue weighted by molar-refractivity contribution is 6.39. The molecule has 5 aliphatic rings. The lowest BCUT2D eigenvalue weighted by molar-refractivity contribution is -0.121. The van der Waals surface area contributed by atoms with Crippen molar-refractivity contribution in [3.63, 3.8) is 0 Å². The van der Waals surface area contributed by atoms with Gasteiger partial charge in [0, 0.05) is 84.0 Å². The van der Waals surface area contributed by atoms with Crippen LogP contribution in [0.15, 0.2) is 48.5 Å². The number of pyridine rings is 2. The summed E-state index contributed by atoms with van der Waals surface area (Å²) < 4.78 is 11.8. The van der Waals surface area contributed by atoms with E-state index in [1.165, 1.54) is 11.1 Å². The van der Waals surface area contributed by atoms with Gasteiger partial charge in [-0.1, -0.05) is 59.6 Å². The summed E-state index contributed by atoms with van der Waals surface area (Å²) >= 11 is 14.5. The van der Waals surface area contributed by atoms with E-state index in [1.54, 1.807) is 14.2 Å². The smallest absolute Gasteiger partial charge is 0.220 e. The number of carbonyl (C=O) groups is 2. The Morgan fingerprint density at radius 3 is 1.98 bits per heavy atom. The van der Waals surface area contributed by atoms with E-state index >= 15 is 0 Å². The molecule has 274 valence electrons. The second-order valence-electron chi connectivity index (χ2n) is 15.1. The number of aryl methyl sites for hydroxylation is 2. The summed E-state index contributed by atoms with van der Waals surface area (Å²) in [4.78, 5) is 36.1. The molecule has 2 aliphatic carbocycles. The van der Waals surface area contributed by atoms with Crippen LogP contribution in [0.4, 0.5) is 0 Å². The maximum absolute atomic E-state index is 11.9. The molecule has 1 spiro atoms. The zero-order chi connectivity index (χ0) is 36.4. The van der Waals surface area contributed by atoms with Gasteiger partial charge in [-0.25, -0.2) is 9.97 Å². The molecule has 9 rings (SSSR count). The first-order valence-electron chi connectivity index (χ1n) is 18.6. The molecule has 0 bridgehead atoms. The van der Waals surface area contributed by atoms with Crippen LogP contribution in [0.3, 0.4) is 0 Å². The first-order chi connectivity index (χ1) is 25.7. The van der Waals surface area contributed by atoms with Crippen molar-refractivity contribution in [2.24, 2.45) is 0 Å². The molecule has 0 radical (unpaired) electrons. The molecule has 10 nitrogen and oxygen atoms in total. The molecule has 2 aromatic carbocycles. The number of nitrogens with one attached hydrogen (secondary N) is 3. The normalized spacial score (nSPS) is 22.8. The van der Waals surface area contributed by atoms with Crippen LogP contribution in [0.2, 0.25) is 10.0 Å². The maximum atomic E-state index is 11.9. The molecule has 0 unspecified atom stereocenters. The van der Waals surface area contributed by atoms with Crippen LogP contribution in [0.1, 0.15) is 72.9 Å². The first-order valence-corrected chi connectivity index (χ1v) is 19.3. The highest BCUT2D eigenvalue weighted by Crippen LogP contribution is 2.48. The van der Waals surface area contributed by atoms with Crippen molar-refractivity contribution in [3.8, 4) is 45.4 Å². The molecule has 3 atom stereocenters. The van der Waals surface area contributed by atoms with Gasteiger partial charge in [-0.3, -0.25) is 14.5 Å². The minimum atomic E-state index is -0.0765. The van der Waals surface area contributed by atoms with Crippen molar-refractivity contribution in [1.29, 1.82) is 0 Å². The van der Waals surface area contributed by atoms with Crippen molar-refractivity contribution in [2.45, 2.75) is 75.0 Å². The second-order valence-corrected chi connectivity index (χ2v) is 15.9. The third-order valence-corrected chi connectivity index (χ3v) is 12.7. The molecule has 4 aromatic rings. The summed E-state index contributed by atoms with van der Waals surface area (Å²) in [6, 6.07) is 16.6. The van der Waals surface area contributed by atoms with E-state index in [1.807, 2.05) is 36.4 Å². The minimum absolute atomic E-state index is 0.0765. The Bertz CT molecular complexity index is 2150. The number of benzene rings is 2. The molecule has 53 heavy (non-hydrogen) atoms. The zero-order valence-electron chi connectivity index (χ0n) is 29.9. The SMILES string of the molecule is COc1nc(-c2cccc(-c3cccc(-c4cc5c(c(OC)n4)[C@H](N4CC6(CCC(=O)N6)C4)CC5)c3Cl)c2Cl)cc2c1[C@@H](NC[C@@H]1CCC(=O)N1)CC2. The molecule has 2 aromatic heterocycles. The predicted molar refractivity (Wildman–Crippen MR) is 204 cm³/mol. The van der Waals surface area contributed by atoms with Crippen LogP contribution in [-0.4, -0.2) is 72.1 Å². The summed E-state index contributed by atoms with van der Waals surface area (Å²) in [5, 5.41) is 11.0. The third-order valence-electron chi connectivity index (χ3n) is 11.9. The number of nitrogens with zero attached hydrogens (tertiary/aromatic N) is 3. The molecule has 5 heterocycles. The lowest BCUT2D eigenvalue weighted by atomic mass is 9.86. The Labute approximate surface area is 319 Å². The highest BCUT2D eigenvalue weighted by atomic mass is 35.5. The van der Waals surface area contributed by atoms with Gasteiger partial charge in [0.2, 0.25) is 23.6 Å². The van der Waals surface area contributed by atoms with E-state index in [-0.39, 0.29) is 35.5 Å². The fourth-order valence-electron chi connectivity index (χ4n) is 9.30. The number of amides is 2. The number of ether oxygens (including phenoxy) is 2. The van der Waals surface area contributed by atoms with Gasteiger partial charge in [-0.05, 0) is 61.8 Å². The van der Waals surface area contributed by atoms with E-state index in [9.17, 15) is 9.59 Å². The number of likely N-dealkylation sites (tertiary alicyclic amines) is 1. The molecule has 3 fully saturated rings. The van der Waals surface area contributed by atoms with Crippen molar-refractivity contribution in [3.05, 3.63) is 80.8 Å². The average molecular weight is 754 g/mol. The Hall–Kier alpha value is -4.22. The molecule has 3 N–H and O–H groups in total. The average Bonchev–Trinajstić information content (AvgIpc) is 3.95. The highest BCUT2D eigenvalue weighted by Gasteiger charge is 2.51. The van der Waals surface area contributed by atoms with Crippen LogP contribution < -0.4 is 25.4 Å². The number of rotatable bonds is 9. The van der Waals surface area contributed by atoms with Crippen molar-refractivity contribution >= 4 is 35.0 Å². The molecule has 2 amide bonds. The zero-order valence-corrected chi connectivity index (χ0v) is 31.4. The van der Waals surface area contributed by atoms with E-state index in [4.69, 9.17) is 42.6 Å². The van der Waals surface area contributed by atoms with E-state index < -0.39 is 0 Å². The number of hydrogen-bond acceptors (Lipinski definition) is 8. The monoisotopic (exact) mass is 752 g/mol. The van der Waals surface area contributed by atoms with Gasteiger partial charge in [0.25, 0.3) is 0 Å². The first kappa shape index (κ1) is 34.5. The fourth-order valence-corrected chi connectivity index (χ4v) is 9.95. The van der Waals surface area contributed by atoms with Crippen LogP contribution in [0.25, 0.3) is 33.6 Å². The number of carbonyl (C=O) groups excluding carboxylic acids is 2. The fraction of sp³-hybridized carbons (Fsp3) is 0.415. The lowest BCUT2D eigenvalue weighted by Gasteiger charge is -2.50. The van der Waals surface area contributed by atoms with Crippen LogP contribution in [-0.2, 0) is 22.4 Å². The van der Waals surface area contributed by atoms with Gasteiger partial charge < -0.3 is 25.4 Å². The number of methoxy groups -OCH3 is 2. The Balaban J connectivity index is 0.995. The van der Waals surface area contributed by atoms with Gasteiger partial charge in [-0.15, -0.1) is 0 Å². The van der Waals surface area contributed by atoms with Crippen molar-refractivity contribution < 1.29 is 19.1 Å². The van der Waals surface area contributed by atoms with Crippen LogP contribution in [0.5, 0.6) is 11.8 Å². The summed E-state index contributed by atoms with van der Waals surface area (Å²) in [6.07, 6.45) is 6.66. The van der Waals surface area contributed by atoms with Crippen molar-refractivity contribution in [1.82, 2.24) is 30.8 Å². The lowest BCUT2D eigenvalue weighted by Crippen LogP contribution is -2.67. The largest absolute Gasteiger partial charge is 0.481 e. The Kier molecular flexibility index (Phi) is 8.84. The van der Waals surface area contributed by atoms with Gasteiger partial charge in [0.15, 0.2) is 0 Å². The summed E-state index contributed by atoms with van der Waals surface area (Å²) in [6.45, 7) is 2.43. The van der Waals surface area contributed by atoms with Crippen LogP contribution in [0, 0.1) is 0 Å². The molecular weight excluding hydrogens is 711 g/mol. The van der Waals surface area contributed by atoms with Gasteiger partial charge in [-0.2, -0.15) is 0 Å². The molecule has 12 heteroatoms. The Morgan fingerprint density at radius 1 is 0.792 bits per heavy atom. The van der Waals surface area contributed by atoms with Crippen molar-refractivity contribution in [2.75, 3.05) is 33.9 Å². The van der Waals surface area contributed by atoms with E-state index in [2.05, 4.69) is 33.0 Å². The molecular formula is C41H42Cl2N6O4. The second kappa shape index (κ2) is 13.6. The number of hydrogen-bond donors (Lipinski definition) is 3. The van der Waals surface area contributed by atoms with E-state index in [0.717, 1.165) is 96.4 Å². The van der Waals surface area contributed by atoms with Gasteiger partial charge in [0.1, 0.15) is 0 Å². The minimum Gasteiger partial charge on any atom is -0.481 e. The molecule has 0 saturated carbocycles. The topological polar surface area (TPSA) is 118 Å². The van der Waals surface area contributed by atoms with Gasteiger partial charge in [0.05, 0.1) is 41.2 Å². The number of halogens is 2. The van der Waals surface area contributed by atoms with Gasteiger partial charge >= 0.3 is 0 Å². The quantitative estimate of drug-likeness (QED) is 0.175. The summed E-state index contributed by atoms with van der Waals surface area (Å²) in [7, 11) is 3.33.